The standard InChI is InChI=1S/C31H38N4O5S.ClH/c1-19(2)13-23(32-24-16-31(17-24)11-12-31)18-40-27-15-26(28-20(3)7-5-8-21(28)4)33-30(34-27)35-41(38,39)25-10-6-9-22(14-25)29(36)37;/h5-10,14-15,19,23-24,32H,11-13,16-18H2,1-4H3,(H,36,37)(H,33,34,35);1H/t23-;/m1./s1/i3D3,4D3;. The van der Waals surface area contributed by atoms with Crippen LogP contribution in [0.4, 0.5) is 5.95 Å². The van der Waals surface area contributed by atoms with Gasteiger partial charge in [0.2, 0.25) is 11.8 Å². The number of hydrogen-bond acceptors (Lipinski definition) is 7. The topological polar surface area (TPSA) is 131 Å². The monoisotopic (exact) mass is 620 g/mol. The number of carboxylic acid groups (broad SMARTS) is 1. The Labute approximate surface area is 262 Å². The molecule has 1 spiro atoms. The van der Waals surface area contributed by atoms with Crippen LogP contribution in [-0.2, 0) is 10.0 Å². The van der Waals surface area contributed by atoms with Gasteiger partial charge in [0.05, 0.1) is 16.2 Å². The molecule has 9 nitrogen and oxygen atoms in total. The van der Waals surface area contributed by atoms with Gasteiger partial charge in [0.25, 0.3) is 10.0 Å². The molecule has 42 heavy (non-hydrogen) atoms. The van der Waals surface area contributed by atoms with Gasteiger partial charge in [-0.1, -0.05) is 38.1 Å². The maximum Gasteiger partial charge on any atom is 0.335 e. The third-order valence-corrected chi connectivity index (χ3v) is 8.94. The number of sulfonamides is 1. The van der Waals surface area contributed by atoms with Crippen molar-refractivity contribution in [2.24, 2.45) is 11.3 Å². The van der Waals surface area contributed by atoms with Gasteiger partial charge in [0, 0.05) is 31.9 Å². The molecule has 0 bridgehead atoms. The minimum atomic E-state index is -4.45. The van der Waals surface area contributed by atoms with Gasteiger partial charge in [-0.05, 0) is 86.5 Å². The molecule has 2 saturated carbocycles. The first-order chi connectivity index (χ1) is 21.8. The number of halogens is 1. The molecular formula is C31H39ClN4O5S. The average Bonchev–Trinajstić information content (AvgIpc) is 3.75. The first kappa shape index (κ1) is 24.3. The van der Waals surface area contributed by atoms with Crippen molar-refractivity contribution in [2.75, 3.05) is 11.3 Å². The minimum absolute atomic E-state index is 0. The van der Waals surface area contributed by atoms with Crippen LogP contribution in [0.2, 0.25) is 0 Å². The maximum atomic E-state index is 13.4. The fraction of sp³-hybridized carbons (Fsp3) is 0.452. The highest BCUT2D eigenvalue weighted by molar-refractivity contribution is 7.92. The molecule has 0 saturated heterocycles. The quantitative estimate of drug-likeness (QED) is 0.224. The molecule has 0 radical (unpaired) electrons. The second kappa shape index (κ2) is 12.6. The van der Waals surface area contributed by atoms with E-state index in [1.54, 1.807) is 0 Å². The van der Waals surface area contributed by atoms with Crippen LogP contribution in [0.5, 0.6) is 5.88 Å². The number of carboxylic acids is 1. The lowest BCUT2D eigenvalue weighted by Gasteiger charge is -2.39. The first-order valence-corrected chi connectivity index (χ1v) is 15.1. The van der Waals surface area contributed by atoms with Crippen LogP contribution < -0.4 is 14.8 Å². The molecule has 2 aliphatic carbocycles. The van der Waals surface area contributed by atoms with Gasteiger partial charge >= 0.3 is 5.97 Å². The summed E-state index contributed by atoms with van der Waals surface area (Å²) in [6, 6.07) is 10.2. The number of aryl methyl sites for hydroxylation is 2. The highest BCUT2D eigenvalue weighted by atomic mass is 35.5. The van der Waals surface area contributed by atoms with Crippen molar-refractivity contribution in [2.45, 2.75) is 76.6 Å². The predicted octanol–water partition coefficient (Wildman–Crippen LogP) is 6.01. The Hall–Kier alpha value is -3.21. The molecule has 3 N–H and O–H groups in total. The molecule has 1 heterocycles. The van der Waals surface area contributed by atoms with E-state index in [4.69, 9.17) is 13.0 Å². The van der Waals surface area contributed by atoms with Gasteiger partial charge in [0.15, 0.2) is 0 Å². The number of benzene rings is 2. The summed E-state index contributed by atoms with van der Waals surface area (Å²) in [4.78, 5) is 19.6. The maximum absolute atomic E-state index is 13.4. The number of carbonyl (C=O) groups is 1. The SMILES string of the molecule is Cl.[2H]C([2H])([2H])c1cccc(C([2H])([2H])[2H])c1-c1cc(OC[C@@H](CC(C)C)NC2CC3(CC3)C2)nc(NS(=O)(=O)c2cccc(C(=O)O)c2)n1. The normalized spacial score (nSPS) is 19.1. The number of anilines is 1. The van der Waals surface area contributed by atoms with Crippen LogP contribution in [0.1, 0.15) is 75.7 Å². The minimum Gasteiger partial charge on any atom is -0.478 e. The molecule has 0 unspecified atom stereocenters. The second-order valence-corrected chi connectivity index (χ2v) is 13.2. The van der Waals surface area contributed by atoms with Crippen LogP contribution in [0.15, 0.2) is 53.4 Å². The third-order valence-electron chi connectivity index (χ3n) is 7.62. The van der Waals surface area contributed by atoms with E-state index in [0.29, 0.717) is 17.4 Å². The molecule has 2 aliphatic rings. The van der Waals surface area contributed by atoms with Gasteiger partial charge in [-0.3, -0.25) is 0 Å². The van der Waals surface area contributed by atoms with E-state index in [9.17, 15) is 18.3 Å². The Morgan fingerprint density at radius 2 is 1.81 bits per heavy atom. The number of aromatic nitrogens is 2. The van der Waals surface area contributed by atoms with Crippen LogP contribution in [0, 0.1) is 25.0 Å². The summed E-state index contributed by atoms with van der Waals surface area (Å²) in [6.07, 6.45) is 5.52. The summed E-state index contributed by atoms with van der Waals surface area (Å²) in [5.41, 5.74) is -0.741. The zero-order valence-corrected chi connectivity index (χ0v) is 25.0. The Balaban J connectivity index is 0.00000520. The molecule has 11 heteroatoms. The fourth-order valence-corrected chi connectivity index (χ4v) is 6.43. The summed E-state index contributed by atoms with van der Waals surface area (Å²) >= 11 is 0. The van der Waals surface area contributed by atoms with Crippen LogP contribution >= 0.6 is 12.4 Å². The van der Waals surface area contributed by atoms with E-state index in [0.717, 1.165) is 25.3 Å². The number of hydrogen-bond donors (Lipinski definition) is 3. The molecule has 3 aromatic rings. The summed E-state index contributed by atoms with van der Waals surface area (Å²) in [6.45, 7) is -1.15. The van der Waals surface area contributed by atoms with Crippen molar-refractivity contribution in [3.8, 4) is 17.1 Å². The predicted molar refractivity (Wildman–Crippen MR) is 165 cm³/mol. The molecule has 1 aromatic heterocycles. The number of nitrogens with one attached hydrogen (secondary N) is 2. The third kappa shape index (κ3) is 7.40. The number of ether oxygens (including phenoxy) is 1. The van der Waals surface area contributed by atoms with Crippen LogP contribution in [0.25, 0.3) is 11.3 Å². The molecule has 226 valence electrons. The zero-order valence-electron chi connectivity index (χ0n) is 29.4. The molecule has 2 aromatic carbocycles. The zero-order chi connectivity index (χ0) is 34.4. The Morgan fingerprint density at radius 1 is 1.12 bits per heavy atom. The average molecular weight is 621 g/mol. The van der Waals surface area contributed by atoms with Gasteiger partial charge in [-0.15, -0.1) is 12.4 Å². The number of rotatable bonds is 12. The van der Waals surface area contributed by atoms with Crippen molar-refractivity contribution < 1.29 is 31.3 Å². The molecule has 5 rings (SSSR count). The molecule has 0 aliphatic heterocycles. The molecule has 0 amide bonds. The fourth-order valence-electron chi connectivity index (χ4n) is 5.44. The lowest BCUT2D eigenvalue weighted by molar-refractivity contribution is 0.0696. The van der Waals surface area contributed by atoms with Gasteiger partial charge in [-0.25, -0.2) is 22.9 Å². The first-order valence-electron chi connectivity index (χ1n) is 16.6. The second-order valence-electron chi connectivity index (χ2n) is 11.5. The number of aromatic carboxylic acids is 1. The van der Waals surface area contributed by atoms with Crippen molar-refractivity contribution >= 4 is 34.3 Å². The summed E-state index contributed by atoms with van der Waals surface area (Å²) in [7, 11) is -4.45. The highest BCUT2D eigenvalue weighted by Crippen LogP contribution is 2.60. The van der Waals surface area contributed by atoms with Crippen molar-refractivity contribution in [3.05, 3.63) is 65.2 Å². The summed E-state index contributed by atoms with van der Waals surface area (Å²) in [5.74, 6) is -1.61. The van der Waals surface area contributed by atoms with Crippen molar-refractivity contribution in [3.63, 3.8) is 0 Å². The van der Waals surface area contributed by atoms with Crippen LogP contribution in [0.3, 0.4) is 0 Å². The largest absolute Gasteiger partial charge is 0.478 e. The van der Waals surface area contributed by atoms with E-state index >= 15 is 0 Å². The van der Waals surface area contributed by atoms with Crippen LogP contribution in [-0.4, -0.2) is 48.2 Å². The Bertz CT molecular complexity index is 1730. The number of nitrogens with zero attached hydrogens (tertiary/aromatic N) is 2. The van der Waals surface area contributed by atoms with Gasteiger partial charge in [-0.2, -0.15) is 4.98 Å². The van der Waals surface area contributed by atoms with E-state index in [2.05, 4.69) is 33.9 Å². The Morgan fingerprint density at radius 3 is 2.43 bits per heavy atom. The van der Waals surface area contributed by atoms with E-state index in [1.807, 2.05) is 0 Å². The highest BCUT2D eigenvalue weighted by Gasteiger charge is 2.53. The van der Waals surface area contributed by atoms with Gasteiger partial charge in [0.1, 0.15) is 6.61 Å². The van der Waals surface area contributed by atoms with Crippen molar-refractivity contribution in [1.82, 2.24) is 15.3 Å². The Kier molecular flexibility index (Phi) is 7.26. The lowest BCUT2D eigenvalue weighted by Crippen LogP contribution is -2.49. The summed E-state index contributed by atoms with van der Waals surface area (Å²) in [5, 5.41) is 13.0. The van der Waals surface area contributed by atoms with E-state index in [1.165, 1.54) is 55.3 Å². The smallest absolute Gasteiger partial charge is 0.335 e. The van der Waals surface area contributed by atoms with E-state index < -0.39 is 35.6 Å². The lowest BCUT2D eigenvalue weighted by atomic mass is 9.76. The van der Waals surface area contributed by atoms with E-state index in [-0.39, 0.29) is 63.8 Å². The molecular weight excluding hydrogens is 576 g/mol. The van der Waals surface area contributed by atoms with Crippen molar-refractivity contribution in [1.29, 1.82) is 0 Å². The van der Waals surface area contributed by atoms with Gasteiger partial charge < -0.3 is 15.2 Å². The summed E-state index contributed by atoms with van der Waals surface area (Å²) < 4.78 is 83.8. The molecule has 2 fully saturated rings. The molecule has 1 atom stereocenters.